The third-order valence-corrected chi connectivity index (χ3v) is 5.63. The number of carbonyl (C=O) groups excluding carboxylic acids is 2. The highest BCUT2D eigenvalue weighted by Crippen LogP contribution is 2.28. The minimum atomic E-state index is -0.312. The third-order valence-electron chi connectivity index (χ3n) is 5.14. The first-order chi connectivity index (χ1) is 13.1. The smallest absolute Gasteiger partial charge is 0.227 e. The topological polar surface area (TPSA) is 58.6 Å². The lowest BCUT2D eigenvalue weighted by atomic mass is 9.96. The van der Waals surface area contributed by atoms with Crippen molar-refractivity contribution in [3.8, 4) is 5.75 Å². The monoisotopic (exact) mass is 428 g/mol. The van der Waals surface area contributed by atoms with Crippen molar-refractivity contribution in [1.82, 2.24) is 5.32 Å². The van der Waals surface area contributed by atoms with Crippen molar-refractivity contribution in [2.75, 3.05) is 24.6 Å². The van der Waals surface area contributed by atoms with Gasteiger partial charge in [0.1, 0.15) is 5.75 Å². The van der Waals surface area contributed by atoms with Gasteiger partial charge in [-0.2, -0.15) is 0 Å². The minimum Gasteiger partial charge on any atom is -0.493 e. The molecule has 2 atom stereocenters. The van der Waals surface area contributed by atoms with Crippen LogP contribution in [0.3, 0.4) is 0 Å². The van der Waals surface area contributed by atoms with Crippen LogP contribution in [0.5, 0.6) is 5.75 Å². The van der Waals surface area contributed by atoms with Gasteiger partial charge in [0.25, 0.3) is 0 Å². The Morgan fingerprint density at radius 3 is 2.89 bits per heavy atom. The number of nitrogens with zero attached hydrogens (tertiary/aromatic N) is 1. The number of hydrogen-bond acceptors (Lipinski definition) is 3. The van der Waals surface area contributed by atoms with Gasteiger partial charge in [0.2, 0.25) is 11.8 Å². The molecule has 2 aromatic carbocycles. The van der Waals surface area contributed by atoms with Gasteiger partial charge < -0.3 is 15.0 Å². The van der Waals surface area contributed by atoms with Crippen LogP contribution in [0.1, 0.15) is 12.0 Å². The van der Waals surface area contributed by atoms with Crippen molar-refractivity contribution in [2.45, 2.75) is 12.8 Å². The summed E-state index contributed by atoms with van der Waals surface area (Å²) in [7, 11) is 0. The van der Waals surface area contributed by atoms with Crippen molar-refractivity contribution >= 4 is 33.4 Å². The average Bonchev–Trinajstić information content (AvgIpc) is 3.08. The number of anilines is 1. The van der Waals surface area contributed by atoms with E-state index in [1.165, 1.54) is 5.56 Å². The molecule has 2 aliphatic heterocycles. The van der Waals surface area contributed by atoms with Crippen LogP contribution >= 0.6 is 15.9 Å². The fourth-order valence-corrected chi connectivity index (χ4v) is 4.08. The Morgan fingerprint density at radius 1 is 1.19 bits per heavy atom. The van der Waals surface area contributed by atoms with Gasteiger partial charge in [-0.15, -0.1) is 0 Å². The Balaban J connectivity index is 1.32. The molecular weight excluding hydrogens is 408 g/mol. The third kappa shape index (κ3) is 4.00. The van der Waals surface area contributed by atoms with Crippen LogP contribution in [0.25, 0.3) is 0 Å². The predicted octanol–water partition coefficient (Wildman–Crippen LogP) is 3.17. The van der Waals surface area contributed by atoms with Gasteiger partial charge >= 0.3 is 0 Å². The normalized spacial score (nSPS) is 21.5. The first kappa shape index (κ1) is 18.0. The summed E-state index contributed by atoms with van der Waals surface area (Å²) in [6.45, 7) is 1.59. The maximum Gasteiger partial charge on any atom is 0.227 e. The number of hydrogen-bond donors (Lipinski definition) is 1. The van der Waals surface area contributed by atoms with Crippen LogP contribution in [0.4, 0.5) is 5.69 Å². The van der Waals surface area contributed by atoms with Crippen molar-refractivity contribution in [3.05, 3.63) is 58.6 Å². The Kier molecular flexibility index (Phi) is 5.16. The highest BCUT2D eigenvalue weighted by molar-refractivity contribution is 9.10. The van der Waals surface area contributed by atoms with E-state index in [-0.39, 0.29) is 30.1 Å². The number of carbonyl (C=O) groups is 2. The molecule has 140 valence electrons. The SMILES string of the molecule is O=C(NCC1COc2ccccc2C1)C1CC(=O)N(c2cccc(Br)c2)C1. The molecule has 0 radical (unpaired) electrons. The molecule has 2 aromatic rings. The second kappa shape index (κ2) is 7.72. The summed E-state index contributed by atoms with van der Waals surface area (Å²) in [6, 6.07) is 15.6. The number of ether oxygens (including phenoxy) is 1. The van der Waals surface area contributed by atoms with Gasteiger partial charge in [0.15, 0.2) is 0 Å². The molecule has 6 heteroatoms. The van der Waals surface area contributed by atoms with Gasteiger partial charge in [-0.3, -0.25) is 9.59 Å². The largest absolute Gasteiger partial charge is 0.493 e. The molecule has 1 N–H and O–H groups in total. The zero-order valence-corrected chi connectivity index (χ0v) is 16.4. The first-order valence-corrected chi connectivity index (χ1v) is 9.94. The van der Waals surface area contributed by atoms with Gasteiger partial charge in [-0.05, 0) is 36.2 Å². The summed E-state index contributed by atoms with van der Waals surface area (Å²) in [5.41, 5.74) is 2.00. The van der Waals surface area contributed by atoms with Crippen molar-refractivity contribution < 1.29 is 14.3 Å². The summed E-state index contributed by atoms with van der Waals surface area (Å²) in [4.78, 5) is 26.6. The van der Waals surface area contributed by atoms with Gasteiger partial charge in [-0.25, -0.2) is 0 Å². The highest BCUT2D eigenvalue weighted by Gasteiger charge is 2.35. The molecular formula is C21H21BrN2O3. The molecule has 27 heavy (non-hydrogen) atoms. The van der Waals surface area contributed by atoms with Gasteiger partial charge in [-0.1, -0.05) is 40.2 Å². The molecule has 0 bridgehead atoms. The maximum absolute atomic E-state index is 12.6. The molecule has 0 aliphatic carbocycles. The molecule has 4 rings (SSSR count). The number of benzene rings is 2. The molecule has 0 spiro atoms. The van der Waals surface area contributed by atoms with Crippen LogP contribution in [0.15, 0.2) is 53.0 Å². The molecule has 2 heterocycles. The maximum atomic E-state index is 12.6. The Hall–Kier alpha value is -2.34. The predicted molar refractivity (Wildman–Crippen MR) is 107 cm³/mol. The van der Waals surface area contributed by atoms with Crippen molar-refractivity contribution in [2.24, 2.45) is 11.8 Å². The van der Waals surface area contributed by atoms with E-state index in [0.717, 1.165) is 22.3 Å². The fraction of sp³-hybridized carbons (Fsp3) is 0.333. The summed E-state index contributed by atoms with van der Waals surface area (Å²) < 4.78 is 6.69. The quantitative estimate of drug-likeness (QED) is 0.813. The van der Waals surface area contributed by atoms with Gasteiger partial charge in [0, 0.05) is 35.6 Å². The summed E-state index contributed by atoms with van der Waals surface area (Å²) in [5.74, 6) is 0.810. The van der Waals surface area contributed by atoms with Crippen LogP contribution in [0.2, 0.25) is 0 Å². The van der Waals surface area contributed by atoms with E-state index >= 15 is 0 Å². The first-order valence-electron chi connectivity index (χ1n) is 9.14. The van der Waals surface area contributed by atoms with E-state index in [1.54, 1.807) is 4.90 Å². The van der Waals surface area contributed by atoms with Crippen molar-refractivity contribution in [1.29, 1.82) is 0 Å². The Bertz CT molecular complexity index is 870. The molecule has 2 aliphatic rings. The fourth-order valence-electron chi connectivity index (χ4n) is 3.69. The highest BCUT2D eigenvalue weighted by atomic mass is 79.9. The summed E-state index contributed by atoms with van der Waals surface area (Å²) in [6.07, 6.45) is 1.15. The Morgan fingerprint density at radius 2 is 2.04 bits per heavy atom. The number of rotatable bonds is 4. The van der Waals surface area contributed by atoms with E-state index in [1.807, 2.05) is 42.5 Å². The molecule has 2 unspecified atom stereocenters. The van der Waals surface area contributed by atoms with Crippen molar-refractivity contribution in [3.63, 3.8) is 0 Å². The second-order valence-corrected chi connectivity index (χ2v) is 8.03. The number of fused-ring (bicyclic) bond motifs is 1. The lowest BCUT2D eigenvalue weighted by Gasteiger charge is -2.25. The molecule has 1 saturated heterocycles. The average molecular weight is 429 g/mol. The molecule has 5 nitrogen and oxygen atoms in total. The summed E-state index contributed by atoms with van der Waals surface area (Å²) in [5, 5.41) is 3.02. The van der Waals surface area contributed by atoms with E-state index < -0.39 is 0 Å². The lowest BCUT2D eigenvalue weighted by Crippen LogP contribution is -2.38. The lowest BCUT2D eigenvalue weighted by molar-refractivity contribution is -0.126. The number of amides is 2. The number of para-hydroxylation sites is 1. The molecule has 0 saturated carbocycles. The zero-order valence-electron chi connectivity index (χ0n) is 14.9. The Labute approximate surface area is 166 Å². The van der Waals surface area contributed by atoms with Crippen LogP contribution in [-0.4, -0.2) is 31.5 Å². The van der Waals surface area contributed by atoms with Crippen LogP contribution in [-0.2, 0) is 16.0 Å². The van der Waals surface area contributed by atoms with E-state index in [0.29, 0.717) is 19.7 Å². The van der Waals surface area contributed by atoms with Crippen LogP contribution < -0.4 is 15.0 Å². The minimum absolute atomic E-state index is 0.0109. The van der Waals surface area contributed by atoms with E-state index in [4.69, 9.17) is 4.74 Å². The zero-order chi connectivity index (χ0) is 18.8. The molecule has 1 fully saturated rings. The summed E-state index contributed by atoms with van der Waals surface area (Å²) >= 11 is 3.42. The standard InChI is InChI=1S/C21H21BrN2O3/c22-17-5-3-6-18(10-17)24-12-16(9-20(24)25)21(26)23-11-14-8-15-4-1-2-7-19(15)27-13-14/h1-7,10,14,16H,8-9,11-13H2,(H,23,26). The molecule has 0 aromatic heterocycles. The molecule has 2 amide bonds. The number of halogens is 1. The van der Waals surface area contributed by atoms with Crippen LogP contribution in [0, 0.1) is 11.8 Å². The van der Waals surface area contributed by atoms with E-state index in [9.17, 15) is 9.59 Å². The number of nitrogens with one attached hydrogen (secondary N) is 1. The van der Waals surface area contributed by atoms with E-state index in [2.05, 4.69) is 27.3 Å². The second-order valence-electron chi connectivity index (χ2n) is 7.12. The van der Waals surface area contributed by atoms with Gasteiger partial charge in [0.05, 0.1) is 12.5 Å².